The van der Waals surface area contributed by atoms with Gasteiger partial charge in [0.1, 0.15) is 0 Å². The number of hydrogen-bond donors (Lipinski definition) is 0. The molecule has 0 spiro atoms. The zero-order valence-electron chi connectivity index (χ0n) is 15.5. The molecule has 0 amide bonds. The minimum absolute atomic E-state index is 0.0787. The molecular formula is C23H22N2O3. The summed E-state index contributed by atoms with van der Waals surface area (Å²) in [6.07, 6.45) is 7.55. The lowest BCUT2D eigenvalue weighted by Gasteiger charge is -2.31. The van der Waals surface area contributed by atoms with E-state index in [1.807, 2.05) is 48.5 Å². The molecule has 142 valence electrons. The van der Waals surface area contributed by atoms with Crippen molar-refractivity contribution in [3.05, 3.63) is 89.1 Å². The molecule has 1 saturated heterocycles. The summed E-state index contributed by atoms with van der Waals surface area (Å²) in [7, 11) is 0. The Labute approximate surface area is 164 Å². The maximum Gasteiger partial charge on any atom is 0.297 e. The van der Waals surface area contributed by atoms with E-state index >= 15 is 0 Å². The second-order valence-electron chi connectivity index (χ2n) is 7.60. The van der Waals surface area contributed by atoms with Crippen molar-refractivity contribution in [3.63, 3.8) is 0 Å². The molecule has 5 rings (SSSR count). The number of carbonyl (C=O) groups is 1. The van der Waals surface area contributed by atoms with Crippen LogP contribution in [0.15, 0.2) is 72.8 Å². The number of benzene rings is 2. The second kappa shape index (κ2) is 6.60. The fraction of sp³-hybridized carbons (Fsp3) is 0.304. The highest BCUT2D eigenvalue weighted by molar-refractivity contribution is 6.47. The summed E-state index contributed by atoms with van der Waals surface area (Å²) in [4.78, 5) is 20.8. The summed E-state index contributed by atoms with van der Waals surface area (Å²) in [5.74, 6) is -0.248. The first-order valence-electron chi connectivity index (χ1n) is 9.86. The first-order valence-corrected chi connectivity index (χ1v) is 9.86. The Morgan fingerprint density at radius 1 is 0.964 bits per heavy atom. The van der Waals surface area contributed by atoms with Gasteiger partial charge in [-0.3, -0.25) is 4.79 Å². The minimum Gasteiger partial charge on any atom is -0.594 e. The predicted molar refractivity (Wildman–Crippen MR) is 105 cm³/mol. The molecule has 3 atom stereocenters. The molecule has 5 nitrogen and oxygen atoms in total. The standard InChI is InChI=1S/C23H22N2O3/c26-22-21(17-11-5-3-6-12-17)24(27)25-23(22,18-13-7-4-8-14-18)19-15-9-1-2-10-16-20(19)28-25/h1-8,11-14,19-20H,9-10,15-16H2/b2-1-. The highest BCUT2D eigenvalue weighted by atomic mass is 16.8. The van der Waals surface area contributed by atoms with Gasteiger partial charge in [0.25, 0.3) is 11.5 Å². The Morgan fingerprint density at radius 3 is 2.32 bits per heavy atom. The van der Waals surface area contributed by atoms with Gasteiger partial charge in [0.2, 0.25) is 5.54 Å². The number of carbonyl (C=O) groups excluding carboxylic acids is 1. The Bertz CT molecular complexity index is 954. The van der Waals surface area contributed by atoms with E-state index < -0.39 is 5.54 Å². The average Bonchev–Trinajstić information content (AvgIpc) is 3.14. The van der Waals surface area contributed by atoms with E-state index in [4.69, 9.17) is 4.84 Å². The predicted octanol–water partition coefficient (Wildman–Crippen LogP) is 3.74. The van der Waals surface area contributed by atoms with Crippen LogP contribution in [-0.4, -0.2) is 27.6 Å². The number of rotatable bonds is 2. The zero-order valence-corrected chi connectivity index (χ0v) is 15.5. The number of hydroxylamine groups is 1. The molecule has 0 saturated carbocycles. The molecule has 2 aliphatic heterocycles. The van der Waals surface area contributed by atoms with E-state index in [0.717, 1.165) is 31.2 Å². The molecule has 0 bridgehead atoms. The minimum atomic E-state index is -1.11. The monoisotopic (exact) mass is 374 g/mol. The Hall–Kier alpha value is -2.92. The van der Waals surface area contributed by atoms with Crippen molar-refractivity contribution in [2.45, 2.75) is 37.3 Å². The van der Waals surface area contributed by atoms with Gasteiger partial charge in [0.05, 0.1) is 11.7 Å². The number of hydrazine groups is 1. The molecule has 0 N–H and O–H groups in total. The van der Waals surface area contributed by atoms with Crippen molar-refractivity contribution >= 4 is 11.5 Å². The highest BCUT2D eigenvalue weighted by Gasteiger charge is 2.71. The maximum atomic E-state index is 14.0. The van der Waals surface area contributed by atoms with Crippen LogP contribution in [-0.2, 0) is 15.2 Å². The van der Waals surface area contributed by atoms with Gasteiger partial charge in [0, 0.05) is 5.92 Å². The first kappa shape index (κ1) is 17.2. The Balaban J connectivity index is 1.70. The summed E-state index contributed by atoms with van der Waals surface area (Å²) in [6.45, 7) is 0. The van der Waals surface area contributed by atoms with E-state index in [2.05, 4.69) is 12.2 Å². The third-order valence-electron chi connectivity index (χ3n) is 6.13. The van der Waals surface area contributed by atoms with Gasteiger partial charge in [-0.2, -0.15) is 0 Å². The summed E-state index contributed by atoms with van der Waals surface area (Å²) in [6, 6.07) is 18.8. The van der Waals surface area contributed by atoms with Gasteiger partial charge in [-0.25, -0.2) is 4.84 Å². The maximum absolute atomic E-state index is 14.0. The third-order valence-corrected chi connectivity index (χ3v) is 6.13. The van der Waals surface area contributed by atoms with Gasteiger partial charge >= 0.3 is 0 Å². The van der Waals surface area contributed by atoms with Crippen LogP contribution >= 0.6 is 0 Å². The number of Topliss-reactive ketones (excluding diaryl/α,β-unsaturated/α-hetero) is 1. The molecule has 3 aliphatic rings. The number of hydrogen-bond acceptors (Lipinski definition) is 4. The van der Waals surface area contributed by atoms with Crippen LogP contribution in [0, 0.1) is 11.1 Å². The van der Waals surface area contributed by atoms with Gasteiger partial charge in [0.15, 0.2) is 0 Å². The van der Waals surface area contributed by atoms with E-state index in [9.17, 15) is 10.0 Å². The van der Waals surface area contributed by atoms with Crippen molar-refractivity contribution in [2.24, 2.45) is 5.92 Å². The molecule has 5 heteroatoms. The van der Waals surface area contributed by atoms with E-state index in [0.29, 0.717) is 10.4 Å². The SMILES string of the molecule is O=C1C(c2ccccc2)=[N+]([O-])N2OC3CC/C=C\CCC3C12c1ccccc1. The molecule has 2 aromatic carbocycles. The van der Waals surface area contributed by atoms with Crippen molar-refractivity contribution in [2.75, 3.05) is 0 Å². The molecule has 0 aromatic heterocycles. The molecule has 3 unspecified atom stereocenters. The van der Waals surface area contributed by atoms with Crippen LogP contribution in [0.3, 0.4) is 0 Å². The number of fused-ring (bicyclic) bond motifs is 3. The molecule has 28 heavy (non-hydrogen) atoms. The van der Waals surface area contributed by atoms with E-state index in [1.165, 1.54) is 5.17 Å². The van der Waals surface area contributed by atoms with Gasteiger partial charge in [-0.05, 0) is 53.4 Å². The second-order valence-corrected chi connectivity index (χ2v) is 7.60. The van der Waals surface area contributed by atoms with Crippen molar-refractivity contribution in [1.29, 1.82) is 0 Å². The van der Waals surface area contributed by atoms with Crippen molar-refractivity contribution in [1.82, 2.24) is 5.17 Å². The van der Waals surface area contributed by atoms with Crippen LogP contribution in [0.1, 0.15) is 36.8 Å². The first-order chi connectivity index (χ1) is 13.7. The third kappa shape index (κ3) is 2.29. The van der Waals surface area contributed by atoms with E-state index in [-0.39, 0.29) is 23.5 Å². The van der Waals surface area contributed by atoms with Crippen LogP contribution < -0.4 is 0 Å². The van der Waals surface area contributed by atoms with Gasteiger partial charge < -0.3 is 5.21 Å². The number of allylic oxidation sites excluding steroid dienone is 2. The van der Waals surface area contributed by atoms with Gasteiger partial charge in [-0.1, -0.05) is 60.7 Å². The summed E-state index contributed by atoms with van der Waals surface area (Å²) in [5, 5.41) is 14.7. The quantitative estimate of drug-likeness (QED) is 0.456. The molecule has 1 aliphatic carbocycles. The Kier molecular flexibility index (Phi) is 4.05. The summed E-state index contributed by atoms with van der Waals surface area (Å²) >= 11 is 0. The molecule has 2 heterocycles. The molecule has 1 fully saturated rings. The number of nitrogens with zero attached hydrogens (tertiary/aromatic N) is 2. The normalized spacial score (nSPS) is 30.6. The topological polar surface area (TPSA) is 55.6 Å². The van der Waals surface area contributed by atoms with Crippen LogP contribution in [0.2, 0.25) is 0 Å². The van der Waals surface area contributed by atoms with Crippen LogP contribution in [0.4, 0.5) is 0 Å². The van der Waals surface area contributed by atoms with Crippen LogP contribution in [0.25, 0.3) is 0 Å². The fourth-order valence-electron chi connectivity index (χ4n) is 4.90. The van der Waals surface area contributed by atoms with Crippen LogP contribution in [0.5, 0.6) is 0 Å². The molecular weight excluding hydrogens is 352 g/mol. The lowest BCUT2D eigenvalue weighted by atomic mass is 9.69. The molecule has 2 aromatic rings. The van der Waals surface area contributed by atoms with Crippen molar-refractivity contribution < 1.29 is 14.5 Å². The van der Waals surface area contributed by atoms with E-state index in [1.54, 1.807) is 12.1 Å². The fourth-order valence-corrected chi connectivity index (χ4v) is 4.90. The smallest absolute Gasteiger partial charge is 0.297 e. The summed E-state index contributed by atoms with van der Waals surface area (Å²) in [5.41, 5.74) is 0.492. The largest absolute Gasteiger partial charge is 0.594 e. The number of hydrazone groups is 1. The Morgan fingerprint density at radius 2 is 1.61 bits per heavy atom. The lowest BCUT2D eigenvalue weighted by Crippen LogP contribution is -2.49. The highest BCUT2D eigenvalue weighted by Crippen LogP contribution is 2.52. The zero-order chi connectivity index (χ0) is 19.1. The average molecular weight is 374 g/mol. The number of ketones is 1. The van der Waals surface area contributed by atoms with Crippen molar-refractivity contribution in [3.8, 4) is 0 Å². The lowest BCUT2D eigenvalue weighted by molar-refractivity contribution is -0.721. The van der Waals surface area contributed by atoms with Gasteiger partial charge in [-0.15, -0.1) is 0 Å². The summed E-state index contributed by atoms with van der Waals surface area (Å²) < 4.78 is 0. The molecule has 0 radical (unpaired) electrons.